The van der Waals surface area contributed by atoms with Crippen molar-refractivity contribution >= 4 is 17.7 Å². The molecule has 3 heteroatoms. The second-order valence-electron chi connectivity index (χ2n) is 2.16. The lowest BCUT2D eigenvalue weighted by Gasteiger charge is -1.92. The first-order chi connectivity index (χ1) is 5.72. The summed E-state index contributed by atoms with van der Waals surface area (Å²) in [7, 11) is 0. The van der Waals surface area contributed by atoms with E-state index in [2.05, 4.69) is 0 Å². The van der Waals surface area contributed by atoms with Crippen molar-refractivity contribution in [3.8, 4) is 6.07 Å². The molecule has 0 N–H and O–H groups in total. The Morgan fingerprint density at radius 2 is 2.33 bits per heavy atom. The van der Waals surface area contributed by atoms with Crippen molar-refractivity contribution in [2.45, 2.75) is 0 Å². The summed E-state index contributed by atoms with van der Waals surface area (Å²) in [4.78, 5) is 0. The van der Waals surface area contributed by atoms with Gasteiger partial charge in [0.15, 0.2) is 0 Å². The third-order valence-electron chi connectivity index (χ3n) is 1.25. The first-order valence-corrected chi connectivity index (χ1v) is 3.63. The van der Waals surface area contributed by atoms with Gasteiger partial charge in [-0.3, -0.25) is 0 Å². The number of halogens is 2. The highest BCUT2D eigenvalue weighted by Crippen LogP contribution is 2.13. The van der Waals surface area contributed by atoms with E-state index in [0.717, 1.165) is 6.08 Å². The van der Waals surface area contributed by atoms with Gasteiger partial charge in [0.25, 0.3) is 0 Å². The largest absolute Gasteiger partial charge is 0.200 e. The highest BCUT2D eigenvalue weighted by atomic mass is 35.5. The van der Waals surface area contributed by atoms with E-state index in [1.165, 1.54) is 6.07 Å². The zero-order valence-electron chi connectivity index (χ0n) is 6.09. The minimum Gasteiger partial charge on any atom is -0.195 e. The summed E-state index contributed by atoms with van der Waals surface area (Å²) < 4.78 is 12.4. The van der Waals surface area contributed by atoms with Gasteiger partial charge in [-0.05, 0) is 23.8 Å². The molecule has 0 bridgehead atoms. The van der Waals surface area contributed by atoms with Gasteiger partial charge < -0.3 is 0 Å². The molecule has 0 saturated heterocycles. The smallest absolute Gasteiger partial charge is 0.195 e. The topological polar surface area (TPSA) is 23.8 Å². The van der Waals surface area contributed by atoms with Crippen LogP contribution in [0.25, 0.3) is 6.08 Å². The van der Waals surface area contributed by atoms with E-state index >= 15 is 0 Å². The monoisotopic (exact) mass is 181 g/mol. The van der Waals surface area contributed by atoms with Crippen molar-refractivity contribution in [2.75, 3.05) is 0 Å². The molecule has 0 fully saturated rings. The SMILES string of the molecule is N#C/C(F)=C/c1cccc(Cl)c1. The van der Waals surface area contributed by atoms with Crippen molar-refractivity contribution in [3.05, 3.63) is 40.7 Å². The summed E-state index contributed by atoms with van der Waals surface area (Å²) in [5, 5.41) is 8.66. The van der Waals surface area contributed by atoms with E-state index in [9.17, 15) is 4.39 Å². The van der Waals surface area contributed by atoms with Crippen LogP contribution in [0.15, 0.2) is 30.1 Å². The van der Waals surface area contributed by atoms with Crippen LogP contribution in [-0.2, 0) is 0 Å². The van der Waals surface area contributed by atoms with Crippen LogP contribution in [0.1, 0.15) is 5.56 Å². The Kier molecular flexibility index (Phi) is 2.84. The Morgan fingerprint density at radius 1 is 1.58 bits per heavy atom. The van der Waals surface area contributed by atoms with Gasteiger partial charge >= 0.3 is 0 Å². The van der Waals surface area contributed by atoms with Crippen LogP contribution in [0, 0.1) is 11.3 Å². The van der Waals surface area contributed by atoms with Gasteiger partial charge in [-0.25, -0.2) is 0 Å². The van der Waals surface area contributed by atoms with Crippen LogP contribution >= 0.6 is 11.6 Å². The van der Waals surface area contributed by atoms with Crippen LogP contribution in [-0.4, -0.2) is 0 Å². The molecule has 60 valence electrons. The molecule has 1 aromatic carbocycles. The molecule has 12 heavy (non-hydrogen) atoms. The zero-order chi connectivity index (χ0) is 8.97. The molecule has 0 aromatic heterocycles. The number of rotatable bonds is 1. The van der Waals surface area contributed by atoms with Gasteiger partial charge in [0.2, 0.25) is 5.83 Å². The predicted molar refractivity (Wildman–Crippen MR) is 46.2 cm³/mol. The van der Waals surface area contributed by atoms with E-state index in [0.29, 0.717) is 10.6 Å². The number of allylic oxidation sites excluding steroid dienone is 1. The van der Waals surface area contributed by atoms with Gasteiger partial charge in [-0.15, -0.1) is 0 Å². The van der Waals surface area contributed by atoms with E-state index in [4.69, 9.17) is 16.9 Å². The molecular formula is C9H5ClFN. The molecule has 0 aliphatic rings. The molecule has 0 aliphatic carbocycles. The number of hydrogen-bond acceptors (Lipinski definition) is 1. The van der Waals surface area contributed by atoms with Crippen molar-refractivity contribution in [3.63, 3.8) is 0 Å². The fourth-order valence-corrected chi connectivity index (χ4v) is 0.974. The summed E-state index contributed by atoms with van der Waals surface area (Å²) in [5.41, 5.74) is 0.585. The van der Waals surface area contributed by atoms with Crippen LogP contribution in [0.4, 0.5) is 4.39 Å². The van der Waals surface area contributed by atoms with Crippen LogP contribution in [0.3, 0.4) is 0 Å². The minimum atomic E-state index is -0.822. The minimum absolute atomic E-state index is 0.523. The number of nitriles is 1. The molecule has 1 nitrogen and oxygen atoms in total. The summed E-state index contributed by atoms with van der Waals surface area (Å²) in [6, 6.07) is 8.01. The summed E-state index contributed by atoms with van der Waals surface area (Å²) >= 11 is 5.64. The van der Waals surface area contributed by atoms with Gasteiger partial charge in [0, 0.05) is 5.02 Å². The van der Waals surface area contributed by atoms with E-state index < -0.39 is 5.83 Å². The molecule has 1 rings (SSSR count). The normalized spacial score (nSPS) is 10.9. The van der Waals surface area contributed by atoms with Gasteiger partial charge in [0.1, 0.15) is 6.07 Å². The number of benzene rings is 1. The number of nitrogens with zero attached hydrogens (tertiary/aromatic N) is 1. The fraction of sp³-hybridized carbons (Fsp3) is 0. The third kappa shape index (κ3) is 2.37. The Hall–Kier alpha value is -1.33. The molecule has 0 unspecified atom stereocenters. The molecule has 0 heterocycles. The van der Waals surface area contributed by atoms with Crippen molar-refractivity contribution in [2.24, 2.45) is 0 Å². The van der Waals surface area contributed by atoms with E-state index in [1.807, 2.05) is 0 Å². The van der Waals surface area contributed by atoms with Crippen LogP contribution in [0.5, 0.6) is 0 Å². The fourth-order valence-electron chi connectivity index (χ4n) is 0.775. The molecule has 0 spiro atoms. The predicted octanol–water partition coefficient (Wildman–Crippen LogP) is 3.17. The molecule has 0 amide bonds. The molecule has 0 saturated carbocycles. The zero-order valence-corrected chi connectivity index (χ0v) is 6.85. The van der Waals surface area contributed by atoms with Crippen LogP contribution in [0.2, 0.25) is 5.02 Å². The van der Waals surface area contributed by atoms with Crippen LogP contribution < -0.4 is 0 Å². The number of hydrogen-bond donors (Lipinski definition) is 0. The maximum atomic E-state index is 12.4. The van der Waals surface area contributed by atoms with E-state index in [1.54, 1.807) is 24.3 Å². The first kappa shape index (κ1) is 8.76. The molecule has 1 aromatic rings. The van der Waals surface area contributed by atoms with Gasteiger partial charge in [-0.1, -0.05) is 23.7 Å². The first-order valence-electron chi connectivity index (χ1n) is 3.25. The maximum Gasteiger partial charge on any atom is 0.200 e. The Bertz CT molecular complexity index is 352. The highest BCUT2D eigenvalue weighted by Gasteiger charge is 1.93. The standard InChI is InChI=1S/C9H5ClFN/c10-8-3-1-2-7(4-8)5-9(11)6-12/h1-5H/b9-5-. The molecular weight excluding hydrogens is 177 g/mol. The Labute approximate surface area is 74.7 Å². The quantitative estimate of drug-likeness (QED) is 0.611. The molecule has 0 atom stereocenters. The summed E-state index contributed by atoms with van der Waals surface area (Å²) in [6.45, 7) is 0. The van der Waals surface area contributed by atoms with E-state index in [-0.39, 0.29) is 0 Å². The summed E-state index contributed by atoms with van der Waals surface area (Å²) in [6.07, 6.45) is 1.13. The van der Waals surface area contributed by atoms with Crippen molar-refractivity contribution in [1.29, 1.82) is 5.26 Å². The Balaban J connectivity index is 2.99. The summed E-state index contributed by atoms with van der Waals surface area (Å²) in [5.74, 6) is -0.822. The molecule has 0 aliphatic heterocycles. The average molecular weight is 182 g/mol. The highest BCUT2D eigenvalue weighted by molar-refractivity contribution is 6.30. The second kappa shape index (κ2) is 3.89. The Morgan fingerprint density at radius 3 is 2.92 bits per heavy atom. The molecule has 0 radical (unpaired) electrons. The lowest BCUT2D eigenvalue weighted by Crippen LogP contribution is -1.72. The van der Waals surface area contributed by atoms with Crippen molar-refractivity contribution in [1.82, 2.24) is 0 Å². The van der Waals surface area contributed by atoms with Gasteiger partial charge in [0.05, 0.1) is 0 Å². The lowest BCUT2D eigenvalue weighted by molar-refractivity contribution is 0.679. The third-order valence-corrected chi connectivity index (χ3v) is 1.48. The second-order valence-corrected chi connectivity index (χ2v) is 2.60. The average Bonchev–Trinajstić information content (AvgIpc) is 2.04. The lowest BCUT2D eigenvalue weighted by atomic mass is 10.2. The van der Waals surface area contributed by atoms with Crippen molar-refractivity contribution < 1.29 is 4.39 Å². The maximum absolute atomic E-state index is 12.4. The van der Waals surface area contributed by atoms with Gasteiger partial charge in [-0.2, -0.15) is 9.65 Å².